The molecule has 0 radical (unpaired) electrons. The third-order valence-electron chi connectivity index (χ3n) is 2.30. The maximum atomic E-state index is 5.96. The SMILES string of the molecule is Cc1ccc(CC(N)C(C)C)cn1. The summed E-state index contributed by atoms with van der Waals surface area (Å²) in [5, 5.41) is 0. The molecule has 0 bridgehead atoms. The number of hydrogen-bond donors (Lipinski definition) is 1. The smallest absolute Gasteiger partial charge is 0.0372 e. The Balaban J connectivity index is 2.59. The molecule has 1 rings (SSSR count). The van der Waals surface area contributed by atoms with Gasteiger partial charge in [-0.15, -0.1) is 0 Å². The molecule has 2 heteroatoms. The number of pyridine rings is 1. The molecule has 0 aromatic carbocycles. The summed E-state index contributed by atoms with van der Waals surface area (Å²) in [6, 6.07) is 4.37. The van der Waals surface area contributed by atoms with Gasteiger partial charge in [-0.25, -0.2) is 0 Å². The zero-order valence-electron chi connectivity index (χ0n) is 8.62. The highest BCUT2D eigenvalue weighted by atomic mass is 14.7. The molecular weight excluding hydrogens is 160 g/mol. The predicted octanol–water partition coefficient (Wildman–Crippen LogP) is 1.92. The molecule has 0 aliphatic rings. The van der Waals surface area contributed by atoms with Crippen LogP contribution in [0.1, 0.15) is 25.1 Å². The van der Waals surface area contributed by atoms with E-state index in [4.69, 9.17) is 5.73 Å². The predicted molar refractivity (Wildman–Crippen MR) is 55.5 cm³/mol. The van der Waals surface area contributed by atoms with Gasteiger partial charge >= 0.3 is 0 Å². The van der Waals surface area contributed by atoms with Gasteiger partial charge in [0.15, 0.2) is 0 Å². The third kappa shape index (κ3) is 3.15. The van der Waals surface area contributed by atoms with Crippen LogP contribution in [0.15, 0.2) is 18.3 Å². The number of rotatable bonds is 3. The van der Waals surface area contributed by atoms with E-state index < -0.39 is 0 Å². The van der Waals surface area contributed by atoms with E-state index >= 15 is 0 Å². The Kier molecular flexibility index (Phi) is 3.43. The second-order valence-electron chi connectivity index (χ2n) is 3.92. The fourth-order valence-electron chi connectivity index (χ4n) is 1.13. The number of aryl methyl sites for hydroxylation is 1. The summed E-state index contributed by atoms with van der Waals surface area (Å²) in [6.07, 6.45) is 2.84. The van der Waals surface area contributed by atoms with Gasteiger partial charge in [-0.05, 0) is 30.9 Å². The Hall–Kier alpha value is -0.890. The van der Waals surface area contributed by atoms with E-state index in [1.807, 2.05) is 19.2 Å². The first-order valence-corrected chi connectivity index (χ1v) is 4.76. The van der Waals surface area contributed by atoms with Crippen LogP contribution in [0.4, 0.5) is 0 Å². The molecule has 1 aromatic rings. The lowest BCUT2D eigenvalue weighted by atomic mass is 9.98. The Morgan fingerprint density at radius 2 is 2.08 bits per heavy atom. The zero-order valence-corrected chi connectivity index (χ0v) is 8.62. The molecule has 72 valence electrons. The van der Waals surface area contributed by atoms with Gasteiger partial charge in [0.25, 0.3) is 0 Å². The monoisotopic (exact) mass is 178 g/mol. The van der Waals surface area contributed by atoms with Crippen molar-refractivity contribution < 1.29 is 0 Å². The highest BCUT2D eigenvalue weighted by Crippen LogP contribution is 2.07. The molecule has 1 heterocycles. The summed E-state index contributed by atoms with van der Waals surface area (Å²) < 4.78 is 0. The molecule has 0 aliphatic carbocycles. The van der Waals surface area contributed by atoms with E-state index in [1.165, 1.54) is 5.56 Å². The highest BCUT2D eigenvalue weighted by molar-refractivity contribution is 5.14. The number of aromatic nitrogens is 1. The van der Waals surface area contributed by atoms with Crippen molar-refractivity contribution in [1.82, 2.24) is 4.98 Å². The largest absolute Gasteiger partial charge is 0.327 e. The molecule has 0 spiro atoms. The van der Waals surface area contributed by atoms with Crippen LogP contribution in [-0.2, 0) is 6.42 Å². The average Bonchev–Trinajstić information content (AvgIpc) is 2.08. The first-order valence-electron chi connectivity index (χ1n) is 4.76. The fraction of sp³-hybridized carbons (Fsp3) is 0.545. The van der Waals surface area contributed by atoms with Gasteiger partial charge in [0.1, 0.15) is 0 Å². The molecule has 0 saturated carbocycles. The fourth-order valence-corrected chi connectivity index (χ4v) is 1.13. The van der Waals surface area contributed by atoms with Crippen LogP contribution in [0, 0.1) is 12.8 Å². The van der Waals surface area contributed by atoms with Gasteiger partial charge in [-0.3, -0.25) is 4.98 Å². The second kappa shape index (κ2) is 4.38. The van der Waals surface area contributed by atoms with E-state index in [1.54, 1.807) is 0 Å². The normalized spacial score (nSPS) is 13.3. The summed E-state index contributed by atoms with van der Waals surface area (Å²) in [7, 11) is 0. The standard InChI is InChI=1S/C11H18N2/c1-8(2)11(12)6-10-5-4-9(3)13-7-10/h4-5,7-8,11H,6,12H2,1-3H3. The van der Waals surface area contributed by atoms with Crippen LogP contribution < -0.4 is 5.73 Å². The van der Waals surface area contributed by atoms with Crippen LogP contribution in [0.25, 0.3) is 0 Å². The maximum absolute atomic E-state index is 5.96. The molecule has 0 fully saturated rings. The molecule has 0 amide bonds. The van der Waals surface area contributed by atoms with Crippen LogP contribution in [0.2, 0.25) is 0 Å². The number of hydrogen-bond acceptors (Lipinski definition) is 2. The van der Waals surface area contributed by atoms with Crippen molar-refractivity contribution in [2.45, 2.75) is 33.2 Å². The van der Waals surface area contributed by atoms with Gasteiger partial charge in [-0.1, -0.05) is 19.9 Å². The summed E-state index contributed by atoms with van der Waals surface area (Å²) >= 11 is 0. The molecule has 1 atom stereocenters. The number of nitrogens with zero attached hydrogens (tertiary/aromatic N) is 1. The molecule has 1 aromatic heterocycles. The average molecular weight is 178 g/mol. The van der Waals surface area contributed by atoms with Crippen LogP contribution in [0.5, 0.6) is 0 Å². The third-order valence-corrected chi connectivity index (χ3v) is 2.30. The first-order chi connectivity index (χ1) is 6.09. The Morgan fingerprint density at radius 3 is 2.54 bits per heavy atom. The van der Waals surface area contributed by atoms with Crippen molar-refractivity contribution in [3.05, 3.63) is 29.6 Å². The first kappa shape index (κ1) is 10.2. The van der Waals surface area contributed by atoms with Gasteiger partial charge in [0.2, 0.25) is 0 Å². The summed E-state index contributed by atoms with van der Waals surface area (Å²) in [6.45, 7) is 6.28. The van der Waals surface area contributed by atoms with Crippen LogP contribution in [0.3, 0.4) is 0 Å². The lowest BCUT2D eigenvalue weighted by Gasteiger charge is -2.14. The summed E-state index contributed by atoms with van der Waals surface area (Å²) in [5.74, 6) is 0.529. The van der Waals surface area contributed by atoms with Crippen molar-refractivity contribution in [3.63, 3.8) is 0 Å². The van der Waals surface area contributed by atoms with Crippen LogP contribution in [-0.4, -0.2) is 11.0 Å². The Morgan fingerprint density at radius 1 is 1.38 bits per heavy atom. The summed E-state index contributed by atoms with van der Waals surface area (Å²) in [5.41, 5.74) is 8.24. The van der Waals surface area contributed by atoms with Gasteiger partial charge in [-0.2, -0.15) is 0 Å². The van der Waals surface area contributed by atoms with E-state index in [0.29, 0.717) is 5.92 Å². The molecule has 0 saturated heterocycles. The molecule has 2 N–H and O–H groups in total. The summed E-state index contributed by atoms with van der Waals surface area (Å²) in [4.78, 5) is 4.24. The minimum Gasteiger partial charge on any atom is -0.327 e. The lowest BCUT2D eigenvalue weighted by Crippen LogP contribution is -2.28. The minimum absolute atomic E-state index is 0.240. The van der Waals surface area contributed by atoms with E-state index in [2.05, 4.69) is 24.9 Å². The van der Waals surface area contributed by atoms with Crippen molar-refractivity contribution in [2.75, 3.05) is 0 Å². The topological polar surface area (TPSA) is 38.9 Å². The highest BCUT2D eigenvalue weighted by Gasteiger charge is 2.07. The van der Waals surface area contributed by atoms with Gasteiger partial charge in [0, 0.05) is 17.9 Å². The van der Waals surface area contributed by atoms with Crippen molar-refractivity contribution in [1.29, 1.82) is 0 Å². The van der Waals surface area contributed by atoms with Crippen molar-refractivity contribution in [2.24, 2.45) is 11.7 Å². The van der Waals surface area contributed by atoms with Crippen molar-refractivity contribution >= 4 is 0 Å². The second-order valence-corrected chi connectivity index (χ2v) is 3.92. The Labute approximate surface area is 80.2 Å². The molecule has 0 aliphatic heterocycles. The Bertz CT molecular complexity index is 251. The van der Waals surface area contributed by atoms with Gasteiger partial charge in [0.05, 0.1) is 0 Å². The van der Waals surface area contributed by atoms with E-state index in [-0.39, 0.29) is 6.04 Å². The molecular formula is C11H18N2. The quantitative estimate of drug-likeness (QED) is 0.768. The van der Waals surface area contributed by atoms with E-state index in [0.717, 1.165) is 12.1 Å². The molecule has 2 nitrogen and oxygen atoms in total. The number of nitrogens with two attached hydrogens (primary N) is 1. The lowest BCUT2D eigenvalue weighted by molar-refractivity contribution is 0.490. The van der Waals surface area contributed by atoms with Gasteiger partial charge < -0.3 is 5.73 Å². The van der Waals surface area contributed by atoms with Crippen molar-refractivity contribution in [3.8, 4) is 0 Å². The molecule has 1 unspecified atom stereocenters. The zero-order chi connectivity index (χ0) is 9.84. The van der Waals surface area contributed by atoms with E-state index in [9.17, 15) is 0 Å². The minimum atomic E-state index is 0.240. The van der Waals surface area contributed by atoms with Crippen LogP contribution >= 0.6 is 0 Å². The molecule has 13 heavy (non-hydrogen) atoms. The maximum Gasteiger partial charge on any atom is 0.0372 e.